The molecule has 0 saturated heterocycles. The summed E-state index contributed by atoms with van der Waals surface area (Å²) in [7, 11) is 0. The van der Waals surface area contributed by atoms with Gasteiger partial charge in [-0.2, -0.15) is 0 Å². The van der Waals surface area contributed by atoms with Crippen LogP contribution in [-0.2, 0) is 19.1 Å². The van der Waals surface area contributed by atoms with Gasteiger partial charge in [0.2, 0.25) is 0 Å². The third kappa shape index (κ3) is 6.23. The van der Waals surface area contributed by atoms with E-state index < -0.39 is 17.9 Å². The highest BCUT2D eigenvalue weighted by atomic mass is 35.5. The lowest BCUT2D eigenvalue weighted by Crippen LogP contribution is -2.18. The maximum atomic E-state index is 12.4. The smallest absolute Gasteiger partial charge is 0.345 e. The minimum Gasteiger partial charge on any atom is -0.462 e. The monoisotopic (exact) mass is 470 g/mol. The lowest BCUT2D eigenvalue weighted by atomic mass is 10.1. The number of ether oxygens (including phenoxy) is 3. The molecule has 0 spiro atoms. The summed E-state index contributed by atoms with van der Waals surface area (Å²) >= 11 is 17.8. The van der Waals surface area contributed by atoms with E-state index in [1.165, 1.54) is 42.5 Å². The lowest BCUT2D eigenvalue weighted by molar-refractivity contribution is -0.146. The first-order chi connectivity index (χ1) is 14.3. The quantitative estimate of drug-likeness (QED) is 0.135. The van der Waals surface area contributed by atoms with Crippen LogP contribution < -0.4 is 4.74 Å². The fourth-order valence-electron chi connectivity index (χ4n) is 2.24. The molecule has 2 rings (SSSR count). The summed E-state index contributed by atoms with van der Waals surface area (Å²) in [5, 5.41) is 0.553. The highest BCUT2D eigenvalue weighted by Crippen LogP contribution is 2.34. The first-order valence-electron chi connectivity index (χ1n) is 8.79. The van der Waals surface area contributed by atoms with Gasteiger partial charge in [-0.3, -0.25) is 0 Å². The van der Waals surface area contributed by atoms with E-state index in [9.17, 15) is 14.4 Å². The Kier molecular flexibility index (Phi) is 8.72. The van der Waals surface area contributed by atoms with Gasteiger partial charge in [0, 0.05) is 6.07 Å². The first kappa shape index (κ1) is 23.7. The van der Waals surface area contributed by atoms with Gasteiger partial charge in [-0.1, -0.05) is 46.9 Å². The van der Waals surface area contributed by atoms with E-state index in [1.54, 1.807) is 13.8 Å². The van der Waals surface area contributed by atoms with Crippen molar-refractivity contribution >= 4 is 58.8 Å². The van der Waals surface area contributed by atoms with Crippen LogP contribution in [0.5, 0.6) is 5.75 Å². The summed E-state index contributed by atoms with van der Waals surface area (Å²) in [6.45, 7) is 3.47. The first-order valence-corrected chi connectivity index (χ1v) is 9.92. The van der Waals surface area contributed by atoms with Crippen molar-refractivity contribution in [2.75, 3.05) is 13.2 Å². The Labute approximate surface area is 188 Å². The fraction of sp³-hybridized carbons (Fsp3) is 0.190. The van der Waals surface area contributed by atoms with E-state index >= 15 is 0 Å². The SMILES string of the molecule is CCOC(=O)C(=Cc1ccc(C(=O)Oc2cc(Cl)c(Cl)cc2Cl)cc1)C(=O)OCC. The number of rotatable bonds is 7. The molecule has 2 aromatic rings. The van der Waals surface area contributed by atoms with Crippen LogP contribution in [0.15, 0.2) is 42.0 Å². The third-order valence-electron chi connectivity index (χ3n) is 3.63. The largest absolute Gasteiger partial charge is 0.462 e. The van der Waals surface area contributed by atoms with Gasteiger partial charge in [0.1, 0.15) is 5.57 Å². The molecular weight excluding hydrogens is 455 g/mol. The van der Waals surface area contributed by atoms with Crippen molar-refractivity contribution in [3.63, 3.8) is 0 Å². The third-order valence-corrected chi connectivity index (χ3v) is 4.64. The normalized spacial score (nSPS) is 10.2. The number of carbonyl (C=O) groups excluding carboxylic acids is 3. The van der Waals surface area contributed by atoms with E-state index in [0.29, 0.717) is 5.56 Å². The predicted molar refractivity (Wildman–Crippen MR) is 114 cm³/mol. The molecule has 6 nitrogen and oxygen atoms in total. The van der Waals surface area contributed by atoms with Crippen molar-refractivity contribution in [1.29, 1.82) is 0 Å². The molecule has 0 amide bonds. The summed E-state index contributed by atoms with van der Waals surface area (Å²) in [5.74, 6) is -2.21. The maximum Gasteiger partial charge on any atom is 0.345 e. The van der Waals surface area contributed by atoms with Crippen LogP contribution in [-0.4, -0.2) is 31.1 Å². The molecule has 158 valence electrons. The zero-order valence-corrected chi connectivity index (χ0v) is 18.3. The van der Waals surface area contributed by atoms with E-state index in [0.717, 1.165) is 0 Å². The summed E-state index contributed by atoms with van der Waals surface area (Å²) in [6, 6.07) is 8.71. The zero-order valence-electron chi connectivity index (χ0n) is 16.0. The second-order valence-electron chi connectivity index (χ2n) is 5.71. The zero-order chi connectivity index (χ0) is 22.3. The molecule has 0 fully saturated rings. The van der Waals surface area contributed by atoms with Gasteiger partial charge < -0.3 is 14.2 Å². The number of carbonyl (C=O) groups is 3. The average molecular weight is 472 g/mol. The van der Waals surface area contributed by atoms with Gasteiger partial charge in [-0.05, 0) is 43.7 Å². The van der Waals surface area contributed by atoms with Crippen LogP contribution in [0.4, 0.5) is 0 Å². The Morgan fingerprint density at radius 3 is 1.90 bits per heavy atom. The predicted octanol–water partition coefficient (Wildman–Crippen LogP) is 5.38. The standard InChI is InChI=1S/C21H17Cl3O6/c1-3-28-20(26)14(21(27)29-4-2)9-12-5-7-13(8-6-12)19(25)30-18-11-16(23)15(22)10-17(18)24/h5-11H,3-4H2,1-2H3. The van der Waals surface area contributed by atoms with Crippen molar-refractivity contribution < 1.29 is 28.6 Å². The topological polar surface area (TPSA) is 78.9 Å². The summed E-state index contributed by atoms with van der Waals surface area (Å²) in [6.07, 6.45) is 1.32. The van der Waals surface area contributed by atoms with Gasteiger partial charge >= 0.3 is 17.9 Å². The molecule has 0 atom stereocenters. The number of hydrogen-bond donors (Lipinski definition) is 0. The van der Waals surface area contributed by atoms with Crippen molar-refractivity contribution in [3.05, 3.63) is 68.2 Å². The van der Waals surface area contributed by atoms with Gasteiger partial charge in [-0.25, -0.2) is 14.4 Å². The second-order valence-corrected chi connectivity index (χ2v) is 6.93. The van der Waals surface area contributed by atoms with Crippen LogP contribution >= 0.6 is 34.8 Å². The molecule has 30 heavy (non-hydrogen) atoms. The molecule has 9 heteroatoms. The summed E-state index contributed by atoms with van der Waals surface area (Å²) in [5.41, 5.74) is 0.440. The molecule has 0 heterocycles. The van der Waals surface area contributed by atoms with Gasteiger partial charge in [-0.15, -0.1) is 0 Å². The molecule has 0 N–H and O–H groups in total. The van der Waals surface area contributed by atoms with Crippen LogP contribution in [0.1, 0.15) is 29.8 Å². The average Bonchev–Trinajstić information content (AvgIpc) is 2.70. The number of benzene rings is 2. The molecule has 0 aliphatic heterocycles. The fourth-order valence-corrected chi connectivity index (χ4v) is 2.82. The lowest BCUT2D eigenvalue weighted by Gasteiger charge is -2.08. The molecule has 0 aliphatic carbocycles. The van der Waals surface area contributed by atoms with Crippen molar-refractivity contribution in [2.24, 2.45) is 0 Å². The van der Waals surface area contributed by atoms with E-state index in [-0.39, 0.29) is 45.2 Å². The van der Waals surface area contributed by atoms with E-state index in [1.807, 2.05) is 0 Å². The van der Waals surface area contributed by atoms with Crippen LogP contribution in [0.25, 0.3) is 6.08 Å². The maximum absolute atomic E-state index is 12.4. The molecule has 2 aromatic carbocycles. The Morgan fingerprint density at radius 1 is 0.833 bits per heavy atom. The number of halogens is 3. The highest BCUT2D eigenvalue weighted by Gasteiger charge is 2.21. The molecule has 0 aliphatic rings. The Morgan fingerprint density at radius 2 is 1.37 bits per heavy atom. The molecule has 0 saturated carbocycles. The van der Waals surface area contributed by atoms with Crippen LogP contribution in [0.3, 0.4) is 0 Å². The number of esters is 3. The summed E-state index contributed by atoms with van der Waals surface area (Å²) in [4.78, 5) is 36.4. The molecular formula is C21H17Cl3O6. The minimum atomic E-state index is -0.798. The van der Waals surface area contributed by atoms with Crippen LogP contribution in [0, 0.1) is 0 Å². The van der Waals surface area contributed by atoms with Crippen LogP contribution in [0.2, 0.25) is 15.1 Å². The molecule has 0 bridgehead atoms. The van der Waals surface area contributed by atoms with Gasteiger partial charge in [0.25, 0.3) is 0 Å². The van der Waals surface area contributed by atoms with Gasteiger partial charge in [0.15, 0.2) is 5.75 Å². The van der Waals surface area contributed by atoms with E-state index in [4.69, 9.17) is 49.0 Å². The second kappa shape index (κ2) is 11.0. The van der Waals surface area contributed by atoms with Gasteiger partial charge in [0.05, 0.1) is 33.8 Å². The molecule has 0 aromatic heterocycles. The highest BCUT2D eigenvalue weighted by molar-refractivity contribution is 6.43. The molecule has 0 unspecified atom stereocenters. The minimum absolute atomic E-state index is 0.0620. The Bertz CT molecular complexity index is 963. The molecule has 0 radical (unpaired) electrons. The summed E-state index contributed by atoms with van der Waals surface area (Å²) < 4.78 is 15.0. The number of hydrogen-bond acceptors (Lipinski definition) is 6. The Balaban J connectivity index is 2.22. The van der Waals surface area contributed by atoms with E-state index in [2.05, 4.69) is 0 Å². The Hall–Kier alpha value is -2.54. The van der Waals surface area contributed by atoms with Crippen molar-refractivity contribution in [1.82, 2.24) is 0 Å². The van der Waals surface area contributed by atoms with Crippen molar-refractivity contribution in [3.8, 4) is 5.75 Å². The van der Waals surface area contributed by atoms with Crippen molar-refractivity contribution in [2.45, 2.75) is 13.8 Å².